The number of rotatable bonds is 4. The largest absolute Gasteiger partial charge is 0.342 e. The third-order valence-electron chi connectivity index (χ3n) is 6.54. The average molecular weight is 401 g/mol. The minimum atomic E-state index is -0.115. The standard InChI is InChI=1S/C22H32N4O3/c1-14(2)21(28)25-10-7-15(8-11-25)20-23-18(12-19(27)24-20)17-4-3-9-26(13-17)22(29)16-5-6-16/h12,14-17H,3-11,13H2,1-2H3,(H,23,24,27). The first-order valence-corrected chi connectivity index (χ1v) is 11.1. The Labute approximate surface area is 171 Å². The molecule has 1 unspecified atom stereocenters. The van der Waals surface area contributed by atoms with Gasteiger partial charge in [0.25, 0.3) is 5.56 Å². The number of piperidine rings is 2. The van der Waals surface area contributed by atoms with Gasteiger partial charge < -0.3 is 14.8 Å². The van der Waals surface area contributed by atoms with E-state index in [1.165, 1.54) is 0 Å². The van der Waals surface area contributed by atoms with Gasteiger partial charge in [-0.1, -0.05) is 13.8 Å². The van der Waals surface area contributed by atoms with Gasteiger partial charge >= 0.3 is 0 Å². The van der Waals surface area contributed by atoms with Crippen LogP contribution in [0.5, 0.6) is 0 Å². The molecule has 1 aromatic heterocycles. The Morgan fingerprint density at radius 3 is 2.41 bits per heavy atom. The van der Waals surface area contributed by atoms with E-state index >= 15 is 0 Å². The fraction of sp³-hybridized carbons (Fsp3) is 0.727. The predicted octanol–water partition coefficient (Wildman–Crippen LogP) is 2.25. The van der Waals surface area contributed by atoms with Crippen molar-refractivity contribution in [3.05, 3.63) is 27.9 Å². The Morgan fingerprint density at radius 1 is 1.03 bits per heavy atom. The van der Waals surface area contributed by atoms with Crippen LogP contribution < -0.4 is 5.56 Å². The minimum absolute atomic E-state index is 0.0143. The maximum absolute atomic E-state index is 12.5. The number of nitrogens with one attached hydrogen (secondary N) is 1. The van der Waals surface area contributed by atoms with Gasteiger partial charge in [0.15, 0.2) is 0 Å². The summed E-state index contributed by atoms with van der Waals surface area (Å²) in [6, 6.07) is 1.61. The van der Waals surface area contributed by atoms with Crippen LogP contribution in [0.15, 0.2) is 10.9 Å². The molecule has 0 aromatic carbocycles. The van der Waals surface area contributed by atoms with Gasteiger partial charge in [0, 0.05) is 55.9 Å². The summed E-state index contributed by atoms with van der Waals surface area (Å²) in [4.78, 5) is 48.7. The zero-order valence-corrected chi connectivity index (χ0v) is 17.5. The molecule has 2 saturated heterocycles. The molecule has 2 aliphatic heterocycles. The van der Waals surface area contributed by atoms with Crippen molar-refractivity contribution >= 4 is 11.8 Å². The van der Waals surface area contributed by atoms with Crippen molar-refractivity contribution in [3.8, 4) is 0 Å². The van der Waals surface area contributed by atoms with Crippen molar-refractivity contribution in [1.29, 1.82) is 0 Å². The molecule has 2 amide bonds. The lowest BCUT2D eigenvalue weighted by atomic mass is 9.92. The van der Waals surface area contributed by atoms with Crippen molar-refractivity contribution < 1.29 is 9.59 Å². The van der Waals surface area contributed by atoms with Crippen molar-refractivity contribution in [1.82, 2.24) is 19.8 Å². The summed E-state index contributed by atoms with van der Waals surface area (Å²) in [6.45, 7) is 6.78. The van der Waals surface area contributed by atoms with E-state index in [1.807, 2.05) is 23.6 Å². The van der Waals surface area contributed by atoms with Gasteiger partial charge in [-0.3, -0.25) is 14.4 Å². The number of H-pyrrole nitrogens is 1. The van der Waals surface area contributed by atoms with E-state index in [-0.39, 0.29) is 41.0 Å². The number of carbonyl (C=O) groups excluding carboxylic acids is 2. The molecule has 3 aliphatic rings. The highest BCUT2D eigenvalue weighted by Crippen LogP contribution is 2.34. The number of hydrogen-bond donors (Lipinski definition) is 1. The summed E-state index contributed by atoms with van der Waals surface area (Å²) in [5.41, 5.74) is 0.703. The summed E-state index contributed by atoms with van der Waals surface area (Å²) in [7, 11) is 0. The lowest BCUT2D eigenvalue weighted by molar-refractivity contribution is -0.135. The summed E-state index contributed by atoms with van der Waals surface area (Å²) in [6.07, 6.45) is 5.61. The summed E-state index contributed by atoms with van der Waals surface area (Å²) in [5.74, 6) is 1.77. The molecule has 1 atom stereocenters. The first-order chi connectivity index (χ1) is 13.9. The quantitative estimate of drug-likeness (QED) is 0.840. The second kappa shape index (κ2) is 8.28. The van der Waals surface area contributed by atoms with Crippen LogP contribution >= 0.6 is 0 Å². The maximum Gasteiger partial charge on any atom is 0.251 e. The van der Waals surface area contributed by atoms with Gasteiger partial charge in [-0.05, 0) is 38.5 Å². The van der Waals surface area contributed by atoms with E-state index in [1.54, 1.807) is 6.07 Å². The third kappa shape index (κ3) is 4.54. The number of hydrogen-bond acceptors (Lipinski definition) is 4. The van der Waals surface area contributed by atoms with Crippen LogP contribution in [0.2, 0.25) is 0 Å². The van der Waals surface area contributed by atoms with Gasteiger partial charge in [0.1, 0.15) is 5.82 Å². The topological polar surface area (TPSA) is 86.4 Å². The second-order valence-electron chi connectivity index (χ2n) is 9.21. The molecular formula is C22H32N4O3. The minimum Gasteiger partial charge on any atom is -0.342 e. The number of aromatic amines is 1. The number of carbonyl (C=O) groups is 2. The first kappa shape index (κ1) is 20.1. The maximum atomic E-state index is 12.5. The van der Waals surface area contributed by atoms with Crippen LogP contribution in [0.25, 0.3) is 0 Å². The zero-order valence-electron chi connectivity index (χ0n) is 17.5. The summed E-state index contributed by atoms with van der Waals surface area (Å²) >= 11 is 0. The first-order valence-electron chi connectivity index (χ1n) is 11.1. The summed E-state index contributed by atoms with van der Waals surface area (Å²) < 4.78 is 0. The van der Waals surface area contributed by atoms with Crippen LogP contribution in [0.1, 0.15) is 75.7 Å². The van der Waals surface area contributed by atoms with Crippen LogP contribution in [-0.2, 0) is 9.59 Å². The Hall–Kier alpha value is -2.18. The molecule has 1 aliphatic carbocycles. The predicted molar refractivity (Wildman–Crippen MR) is 110 cm³/mol. The number of likely N-dealkylation sites (tertiary alicyclic amines) is 2. The molecule has 1 N–H and O–H groups in total. The smallest absolute Gasteiger partial charge is 0.251 e. The Bertz CT molecular complexity index is 822. The normalized spacial score (nSPS) is 23.5. The molecular weight excluding hydrogens is 368 g/mol. The lowest BCUT2D eigenvalue weighted by Crippen LogP contribution is -2.41. The molecule has 7 nitrogen and oxygen atoms in total. The highest BCUT2D eigenvalue weighted by molar-refractivity contribution is 5.81. The number of amides is 2. The van der Waals surface area contributed by atoms with Crippen molar-refractivity contribution in [2.75, 3.05) is 26.2 Å². The molecule has 7 heteroatoms. The van der Waals surface area contributed by atoms with Crippen molar-refractivity contribution in [2.45, 2.75) is 64.2 Å². The molecule has 3 heterocycles. The second-order valence-corrected chi connectivity index (χ2v) is 9.21. The van der Waals surface area contributed by atoms with Crippen LogP contribution in [0.3, 0.4) is 0 Å². The molecule has 1 aromatic rings. The molecule has 29 heavy (non-hydrogen) atoms. The Morgan fingerprint density at radius 2 is 1.76 bits per heavy atom. The fourth-order valence-electron chi connectivity index (χ4n) is 4.64. The van der Waals surface area contributed by atoms with Gasteiger partial charge in [-0.2, -0.15) is 0 Å². The Balaban J connectivity index is 1.45. The van der Waals surface area contributed by atoms with Crippen molar-refractivity contribution in [2.24, 2.45) is 11.8 Å². The number of aromatic nitrogens is 2. The SMILES string of the molecule is CC(C)C(=O)N1CCC(c2nc(C3CCCN(C(=O)C4CC4)C3)cc(=O)[nH]2)CC1. The molecule has 1 saturated carbocycles. The monoisotopic (exact) mass is 400 g/mol. The number of nitrogens with zero attached hydrogens (tertiary/aromatic N) is 3. The van der Waals surface area contributed by atoms with E-state index in [0.29, 0.717) is 19.6 Å². The molecule has 158 valence electrons. The van der Waals surface area contributed by atoms with Gasteiger partial charge in [0.2, 0.25) is 11.8 Å². The van der Waals surface area contributed by atoms with E-state index in [4.69, 9.17) is 4.98 Å². The molecule has 0 spiro atoms. The fourth-order valence-corrected chi connectivity index (χ4v) is 4.64. The highest BCUT2D eigenvalue weighted by Gasteiger charge is 2.36. The van der Waals surface area contributed by atoms with E-state index in [0.717, 1.165) is 56.6 Å². The lowest BCUT2D eigenvalue weighted by Gasteiger charge is -2.34. The molecule has 3 fully saturated rings. The zero-order chi connectivity index (χ0) is 20.5. The van der Waals surface area contributed by atoms with E-state index < -0.39 is 0 Å². The van der Waals surface area contributed by atoms with Crippen LogP contribution in [-0.4, -0.2) is 57.8 Å². The van der Waals surface area contributed by atoms with Gasteiger partial charge in [-0.25, -0.2) is 4.98 Å². The summed E-state index contributed by atoms with van der Waals surface area (Å²) in [5, 5.41) is 0. The van der Waals surface area contributed by atoms with Crippen LogP contribution in [0, 0.1) is 11.8 Å². The van der Waals surface area contributed by atoms with Crippen molar-refractivity contribution in [3.63, 3.8) is 0 Å². The van der Waals surface area contributed by atoms with E-state index in [2.05, 4.69) is 4.98 Å². The van der Waals surface area contributed by atoms with Gasteiger partial charge in [0.05, 0.1) is 5.69 Å². The third-order valence-corrected chi connectivity index (χ3v) is 6.54. The van der Waals surface area contributed by atoms with Crippen LogP contribution in [0.4, 0.5) is 0 Å². The van der Waals surface area contributed by atoms with E-state index in [9.17, 15) is 14.4 Å². The molecule has 0 radical (unpaired) electrons. The average Bonchev–Trinajstić information content (AvgIpc) is 3.58. The highest BCUT2D eigenvalue weighted by atomic mass is 16.2. The van der Waals surface area contributed by atoms with Gasteiger partial charge in [-0.15, -0.1) is 0 Å². The molecule has 0 bridgehead atoms. The Kier molecular flexibility index (Phi) is 5.74. The molecule has 4 rings (SSSR count).